The molecule has 0 aliphatic carbocycles. The Morgan fingerprint density at radius 1 is 1.23 bits per heavy atom. The molecule has 1 aliphatic heterocycles. The number of methoxy groups -OCH3 is 1. The average Bonchev–Trinajstić information content (AvgIpc) is 2.74. The maximum Gasteiger partial charge on any atom is 0.407 e. The molecule has 0 bridgehead atoms. The smallest absolute Gasteiger partial charge is 0.407 e. The Morgan fingerprint density at radius 2 is 2.07 bits per heavy atom. The number of hydrogen-bond acceptors (Lipinski definition) is 5. The molecule has 3 aromatic rings. The van der Waals surface area contributed by atoms with Gasteiger partial charge >= 0.3 is 6.09 Å². The molecule has 1 unspecified atom stereocenters. The Hall–Kier alpha value is -3.35. The SMILES string of the molecule is COc1cc(C)ccc1-c1nnc(NC2CCCN(C(=O)O)C2)c2cccc(C)c12. The van der Waals surface area contributed by atoms with Crippen LogP contribution in [0.5, 0.6) is 5.75 Å². The largest absolute Gasteiger partial charge is 0.496 e. The highest BCUT2D eigenvalue weighted by Crippen LogP contribution is 2.37. The second-order valence-electron chi connectivity index (χ2n) is 7.81. The van der Waals surface area contributed by atoms with E-state index in [4.69, 9.17) is 4.74 Å². The van der Waals surface area contributed by atoms with E-state index in [1.807, 2.05) is 37.3 Å². The zero-order chi connectivity index (χ0) is 21.3. The van der Waals surface area contributed by atoms with Crippen molar-refractivity contribution in [2.45, 2.75) is 32.7 Å². The predicted molar refractivity (Wildman–Crippen MR) is 117 cm³/mol. The first-order valence-electron chi connectivity index (χ1n) is 10.1. The van der Waals surface area contributed by atoms with Crippen LogP contribution in [0.3, 0.4) is 0 Å². The first kappa shape index (κ1) is 19.9. The molecule has 7 nitrogen and oxygen atoms in total. The molecule has 1 aliphatic rings. The number of carbonyl (C=O) groups is 1. The summed E-state index contributed by atoms with van der Waals surface area (Å²) in [6.07, 6.45) is 0.842. The summed E-state index contributed by atoms with van der Waals surface area (Å²) in [6.45, 7) is 5.10. The van der Waals surface area contributed by atoms with Crippen molar-refractivity contribution in [3.63, 3.8) is 0 Å². The molecule has 0 radical (unpaired) electrons. The zero-order valence-electron chi connectivity index (χ0n) is 17.5. The summed E-state index contributed by atoms with van der Waals surface area (Å²) in [5, 5.41) is 23.8. The molecule has 1 amide bonds. The zero-order valence-corrected chi connectivity index (χ0v) is 17.5. The van der Waals surface area contributed by atoms with Crippen LogP contribution in [-0.2, 0) is 0 Å². The van der Waals surface area contributed by atoms with Crippen molar-refractivity contribution in [2.75, 3.05) is 25.5 Å². The topological polar surface area (TPSA) is 87.6 Å². The number of piperidine rings is 1. The number of benzene rings is 2. The fourth-order valence-electron chi connectivity index (χ4n) is 4.13. The number of likely N-dealkylation sites (tertiary alicyclic amines) is 1. The van der Waals surface area contributed by atoms with E-state index in [9.17, 15) is 9.90 Å². The molecule has 1 saturated heterocycles. The highest BCUT2D eigenvalue weighted by Gasteiger charge is 2.24. The van der Waals surface area contributed by atoms with Crippen molar-refractivity contribution >= 4 is 22.7 Å². The third kappa shape index (κ3) is 3.75. The second kappa shape index (κ2) is 8.18. The Bertz CT molecular complexity index is 1100. The lowest BCUT2D eigenvalue weighted by Gasteiger charge is -2.31. The van der Waals surface area contributed by atoms with Crippen LogP contribution in [0.25, 0.3) is 22.0 Å². The van der Waals surface area contributed by atoms with Crippen LogP contribution in [0.15, 0.2) is 36.4 Å². The van der Waals surface area contributed by atoms with Crippen LogP contribution in [0.2, 0.25) is 0 Å². The highest BCUT2D eigenvalue weighted by atomic mass is 16.5. The van der Waals surface area contributed by atoms with Crippen LogP contribution in [0, 0.1) is 13.8 Å². The third-order valence-electron chi connectivity index (χ3n) is 5.66. The fraction of sp³-hybridized carbons (Fsp3) is 0.348. The Morgan fingerprint density at radius 3 is 2.83 bits per heavy atom. The molecule has 0 spiro atoms. The van der Waals surface area contributed by atoms with Crippen molar-refractivity contribution in [1.29, 1.82) is 0 Å². The lowest BCUT2D eigenvalue weighted by atomic mass is 9.98. The number of ether oxygens (including phenoxy) is 1. The van der Waals surface area contributed by atoms with Gasteiger partial charge in [-0.3, -0.25) is 0 Å². The summed E-state index contributed by atoms with van der Waals surface area (Å²) >= 11 is 0. The first-order valence-corrected chi connectivity index (χ1v) is 10.1. The molecule has 2 N–H and O–H groups in total. The highest BCUT2D eigenvalue weighted by molar-refractivity contribution is 6.02. The quantitative estimate of drug-likeness (QED) is 0.664. The van der Waals surface area contributed by atoms with E-state index < -0.39 is 6.09 Å². The maximum absolute atomic E-state index is 11.4. The number of anilines is 1. The number of fused-ring (bicyclic) bond motifs is 1. The van der Waals surface area contributed by atoms with Crippen molar-refractivity contribution in [1.82, 2.24) is 15.1 Å². The van der Waals surface area contributed by atoms with Gasteiger partial charge in [0.1, 0.15) is 11.4 Å². The summed E-state index contributed by atoms with van der Waals surface area (Å²) in [5.41, 5.74) is 3.89. The number of aryl methyl sites for hydroxylation is 2. The molecule has 0 saturated carbocycles. The molecular formula is C23H26N4O3. The van der Waals surface area contributed by atoms with Gasteiger partial charge < -0.3 is 20.1 Å². The van der Waals surface area contributed by atoms with E-state index in [0.717, 1.165) is 51.7 Å². The lowest BCUT2D eigenvalue weighted by Crippen LogP contribution is -2.44. The van der Waals surface area contributed by atoms with Crippen LogP contribution in [-0.4, -0.2) is 52.5 Å². The van der Waals surface area contributed by atoms with E-state index in [0.29, 0.717) is 18.9 Å². The second-order valence-corrected chi connectivity index (χ2v) is 7.81. The van der Waals surface area contributed by atoms with Crippen LogP contribution < -0.4 is 10.1 Å². The molecule has 7 heteroatoms. The van der Waals surface area contributed by atoms with E-state index in [1.54, 1.807) is 7.11 Å². The molecule has 30 heavy (non-hydrogen) atoms. The van der Waals surface area contributed by atoms with Gasteiger partial charge in [-0.1, -0.05) is 24.3 Å². The van der Waals surface area contributed by atoms with E-state index in [-0.39, 0.29) is 6.04 Å². The molecule has 156 valence electrons. The number of nitrogens with zero attached hydrogens (tertiary/aromatic N) is 3. The maximum atomic E-state index is 11.4. The number of nitrogens with one attached hydrogen (secondary N) is 1. The molecule has 1 aromatic heterocycles. The number of amides is 1. The van der Waals surface area contributed by atoms with Gasteiger partial charge in [0, 0.05) is 35.5 Å². The normalized spacial score (nSPS) is 16.5. The van der Waals surface area contributed by atoms with Gasteiger partial charge in [0.15, 0.2) is 5.82 Å². The number of hydrogen-bond donors (Lipinski definition) is 2. The Kier molecular flexibility index (Phi) is 5.44. The van der Waals surface area contributed by atoms with Gasteiger partial charge in [-0.25, -0.2) is 4.79 Å². The molecule has 2 aromatic carbocycles. The van der Waals surface area contributed by atoms with Gasteiger partial charge in [-0.15, -0.1) is 10.2 Å². The first-order chi connectivity index (χ1) is 14.5. The van der Waals surface area contributed by atoms with Crippen LogP contribution in [0.4, 0.5) is 10.6 Å². The molecule has 2 heterocycles. The molecule has 4 rings (SSSR count). The van der Waals surface area contributed by atoms with Gasteiger partial charge in [-0.05, 0) is 49.9 Å². The fourth-order valence-corrected chi connectivity index (χ4v) is 4.13. The predicted octanol–water partition coefficient (Wildman–Crippen LogP) is 4.48. The van der Waals surface area contributed by atoms with Crippen molar-refractivity contribution < 1.29 is 14.6 Å². The Balaban J connectivity index is 1.77. The van der Waals surface area contributed by atoms with E-state index >= 15 is 0 Å². The Labute approximate surface area is 175 Å². The lowest BCUT2D eigenvalue weighted by molar-refractivity contribution is 0.133. The molecule has 1 fully saturated rings. The summed E-state index contributed by atoms with van der Waals surface area (Å²) < 4.78 is 5.61. The summed E-state index contributed by atoms with van der Waals surface area (Å²) in [5.74, 6) is 1.44. The van der Waals surface area contributed by atoms with E-state index in [2.05, 4.69) is 28.5 Å². The molecule has 1 atom stereocenters. The number of aromatic nitrogens is 2. The summed E-state index contributed by atoms with van der Waals surface area (Å²) in [7, 11) is 1.66. The van der Waals surface area contributed by atoms with Crippen LogP contribution in [0.1, 0.15) is 24.0 Å². The van der Waals surface area contributed by atoms with Gasteiger partial charge in [-0.2, -0.15) is 0 Å². The summed E-state index contributed by atoms with van der Waals surface area (Å²) in [4.78, 5) is 12.8. The van der Waals surface area contributed by atoms with Crippen molar-refractivity contribution in [2.24, 2.45) is 0 Å². The minimum Gasteiger partial charge on any atom is -0.496 e. The standard InChI is InChI=1S/C23H26N4O3/c1-14-9-10-17(19(12-14)30-3)21-20-15(2)6-4-8-18(20)22(26-25-21)24-16-7-5-11-27(13-16)23(28)29/h4,6,8-10,12,16H,5,7,11,13H2,1-3H3,(H,24,26)(H,28,29). The van der Waals surface area contributed by atoms with Gasteiger partial charge in [0.2, 0.25) is 0 Å². The average molecular weight is 406 g/mol. The van der Waals surface area contributed by atoms with Crippen molar-refractivity contribution in [3.05, 3.63) is 47.5 Å². The van der Waals surface area contributed by atoms with Gasteiger partial charge in [0.05, 0.1) is 7.11 Å². The number of rotatable bonds is 4. The minimum atomic E-state index is -0.880. The monoisotopic (exact) mass is 406 g/mol. The van der Waals surface area contributed by atoms with Crippen molar-refractivity contribution in [3.8, 4) is 17.0 Å². The minimum absolute atomic E-state index is 0.00706. The van der Waals surface area contributed by atoms with E-state index in [1.165, 1.54) is 4.90 Å². The summed E-state index contributed by atoms with van der Waals surface area (Å²) in [6, 6.07) is 12.2. The van der Waals surface area contributed by atoms with Gasteiger partial charge in [0.25, 0.3) is 0 Å². The van der Waals surface area contributed by atoms with Crippen LogP contribution >= 0.6 is 0 Å². The third-order valence-corrected chi connectivity index (χ3v) is 5.66. The molecular weight excluding hydrogens is 380 g/mol. The number of carboxylic acid groups (broad SMARTS) is 1.